The number of hydrogen-bond acceptors (Lipinski definition) is 4. The zero-order valence-electron chi connectivity index (χ0n) is 13.6. The van der Waals surface area contributed by atoms with E-state index in [0.717, 1.165) is 0 Å². The Bertz CT molecular complexity index is 848. The average Bonchev–Trinajstić information content (AvgIpc) is 2.64. The van der Waals surface area contributed by atoms with Crippen LogP contribution in [0.1, 0.15) is 29.3 Å². The van der Waals surface area contributed by atoms with E-state index in [1.807, 2.05) is 0 Å². The molecule has 5 amide bonds. The van der Waals surface area contributed by atoms with Crippen LogP contribution in [0.15, 0.2) is 60.7 Å². The monoisotopic (exact) mass is 336 g/mol. The molecule has 1 aliphatic rings. The molecule has 1 N–H and O–H groups in total. The van der Waals surface area contributed by atoms with Gasteiger partial charge in [0.05, 0.1) is 0 Å². The Labute approximate surface area is 144 Å². The third-order valence-electron chi connectivity index (χ3n) is 4.40. The second-order valence-corrected chi connectivity index (χ2v) is 5.70. The second kappa shape index (κ2) is 6.32. The molecule has 0 radical (unpaired) electrons. The highest BCUT2D eigenvalue weighted by molar-refractivity contribution is 6.30. The first-order valence-electron chi connectivity index (χ1n) is 7.87. The maximum Gasteiger partial charge on any atom is 0.338 e. The van der Waals surface area contributed by atoms with Crippen LogP contribution in [0.2, 0.25) is 0 Å². The summed E-state index contributed by atoms with van der Waals surface area (Å²) >= 11 is 0. The van der Waals surface area contributed by atoms with Crippen LogP contribution in [0.3, 0.4) is 0 Å². The van der Waals surface area contributed by atoms with E-state index in [4.69, 9.17) is 0 Å². The zero-order chi connectivity index (χ0) is 18.0. The fraction of sp³-hybridized carbons (Fsp3) is 0.158. The van der Waals surface area contributed by atoms with Gasteiger partial charge in [0.2, 0.25) is 5.91 Å². The number of imide groups is 4. The molecule has 2 aromatic carbocycles. The Morgan fingerprint density at radius 3 is 2.08 bits per heavy atom. The summed E-state index contributed by atoms with van der Waals surface area (Å²) in [6.45, 7) is 1.67. The standard InChI is InChI=1S/C19H16N2O4/c1-2-19(14-11-7-4-8-12-14)16(23)20-18(25)21(17(19)24)15(22)13-9-5-3-6-10-13/h3-12H,2H2,1H3,(H,20,23,25)/t19-/m0/s1. The second-order valence-electron chi connectivity index (χ2n) is 5.70. The number of carbonyl (C=O) groups excluding carboxylic acids is 4. The van der Waals surface area contributed by atoms with E-state index < -0.39 is 29.2 Å². The van der Waals surface area contributed by atoms with Gasteiger partial charge in [-0.15, -0.1) is 0 Å². The van der Waals surface area contributed by atoms with Crippen LogP contribution in [0.25, 0.3) is 0 Å². The van der Waals surface area contributed by atoms with E-state index in [0.29, 0.717) is 10.5 Å². The summed E-state index contributed by atoms with van der Waals surface area (Å²) in [6, 6.07) is 15.4. The molecule has 1 saturated heterocycles. The van der Waals surface area contributed by atoms with Crippen LogP contribution < -0.4 is 5.32 Å². The lowest BCUT2D eigenvalue weighted by molar-refractivity contribution is -0.143. The molecule has 3 rings (SSSR count). The summed E-state index contributed by atoms with van der Waals surface area (Å²) in [5, 5.41) is 2.16. The van der Waals surface area contributed by atoms with E-state index in [-0.39, 0.29) is 12.0 Å². The predicted octanol–water partition coefficient (Wildman–Crippen LogP) is 2.25. The number of urea groups is 1. The molecule has 0 unspecified atom stereocenters. The number of barbiturate groups is 1. The van der Waals surface area contributed by atoms with E-state index in [1.165, 1.54) is 12.1 Å². The largest absolute Gasteiger partial charge is 0.338 e. The van der Waals surface area contributed by atoms with E-state index in [1.54, 1.807) is 55.5 Å². The fourth-order valence-corrected chi connectivity index (χ4v) is 3.03. The van der Waals surface area contributed by atoms with Crippen molar-refractivity contribution in [3.63, 3.8) is 0 Å². The molecule has 2 aromatic rings. The van der Waals surface area contributed by atoms with Gasteiger partial charge < -0.3 is 0 Å². The number of nitrogens with zero attached hydrogens (tertiary/aromatic N) is 1. The van der Waals surface area contributed by atoms with Crippen molar-refractivity contribution in [2.45, 2.75) is 18.8 Å². The lowest BCUT2D eigenvalue weighted by atomic mass is 9.74. The minimum atomic E-state index is -1.61. The molecule has 1 fully saturated rings. The van der Waals surface area contributed by atoms with Crippen molar-refractivity contribution in [1.29, 1.82) is 0 Å². The highest BCUT2D eigenvalue weighted by Crippen LogP contribution is 2.34. The quantitative estimate of drug-likeness (QED) is 0.688. The molecule has 1 heterocycles. The van der Waals surface area contributed by atoms with Crippen LogP contribution >= 0.6 is 0 Å². The minimum Gasteiger partial charge on any atom is -0.276 e. The Morgan fingerprint density at radius 1 is 0.960 bits per heavy atom. The zero-order valence-corrected chi connectivity index (χ0v) is 13.6. The molecule has 6 heteroatoms. The topological polar surface area (TPSA) is 83.6 Å². The van der Waals surface area contributed by atoms with Crippen LogP contribution in [-0.4, -0.2) is 28.7 Å². The van der Waals surface area contributed by atoms with Crippen molar-refractivity contribution in [3.8, 4) is 0 Å². The van der Waals surface area contributed by atoms with Gasteiger partial charge in [0.15, 0.2) is 5.41 Å². The summed E-state index contributed by atoms with van der Waals surface area (Å²) in [5.41, 5.74) is -0.976. The molecule has 0 spiro atoms. The SMILES string of the molecule is CC[C@]1(c2ccccc2)C(=O)NC(=O)N(C(=O)c2ccccc2)C1=O. The van der Waals surface area contributed by atoms with Crippen LogP contribution in [-0.2, 0) is 15.0 Å². The Hall–Kier alpha value is -3.28. The predicted molar refractivity (Wildman–Crippen MR) is 89.6 cm³/mol. The molecule has 0 saturated carbocycles. The summed E-state index contributed by atoms with van der Waals surface area (Å²) in [4.78, 5) is 51.2. The van der Waals surface area contributed by atoms with Gasteiger partial charge in [-0.05, 0) is 24.1 Å². The first kappa shape index (κ1) is 16.6. The maximum absolute atomic E-state index is 13.1. The van der Waals surface area contributed by atoms with Crippen molar-refractivity contribution in [1.82, 2.24) is 10.2 Å². The smallest absolute Gasteiger partial charge is 0.276 e. The number of amides is 5. The van der Waals surface area contributed by atoms with Gasteiger partial charge in [0.25, 0.3) is 11.8 Å². The first-order chi connectivity index (χ1) is 12.0. The van der Waals surface area contributed by atoms with Gasteiger partial charge in [0, 0.05) is 5.56 Å². The molecule has 6 nitrogen and oxygen atoms in total. The molecule has 0 aliphatic carbocycles. The lowest BCUT2D eigenvalue weighted by Gasteiger charge is -2.38. The van der Waals surface area contributed by atoms with Crippen LogP contribution in [0, 0.1) is 0 Å². The highest BCUT2D eigenvalue weighted by Gasteiger charge is 2.55. The van der Waals surface area contributed by atoms with Crippen LogP contribution in [0.5, 0.6) is 0 Å². The third kappa shape index (κ3) is 2.52. The first-order valence-corrected chi connectivity index (χ1v) is 7.87. The van der Waals surface area contributed by atoms with Gasteiger partial charge in [-0.1, -0.05) is 55.5 Å². The lowest BCUT2D eigenvalue weighted by Crippen LogP contribution is -2.67. The molecular formula is C19H16N2O4. The number of carbonyl (C=O) groups is 4. The van der Waals surface area contributed by atoms with Crippen molar-refractivity contribution < 1.29 is 19.2 Å². The molecule has 25 heavy (non-hydrogen) atoms. The van der Waals surface area contributed by atoms with E-state index in [2.05, 4.69) is 5.32 Å². The molecule has 126 valence electrons. The van der Waals surface area contributed by atoms with Crippen molar-refractivity contribution >= 4 is 23.8 Å². The van der Waals surface area contributed by atoms with E-state index >= 15 is 0 Å². The Balaban J connectivity index is 2.10. The minimum absolute atomic E-state index is 0.119. The van der Waals surface area contributed by atoms with Crippen molar-refractivity contribution in [3.05, 3.63) is 71.8 Å². The van der Waals surface area contributed by atoms with E-state index in [9.17, 15) is 19.2 Å². The maximum atomic E-state index is 13.1. The molecule has 1 aliphatic heterocycles. The number of hydrogen-bond donors (Lipinski definition) is 1. The third-order valence-corrected chi connectivity index (χ3v) is 4.40. The van der Waals surface area contributed by atoms with Gasteiger partial charge in [-0.3, -0.25) is 19.7 Å². The molecule has 0 bridgehead atoms. The van der Waals surface area contributed by atoms with Crippen molar-refractivity contribution in [2.75, 3.05) is 0 Å². The fourth-order valence-electron chi connectivity index (χ4n) is 3.03. The molecule has 0 aromatic heterocycles. The molecular weight excluding hydrogens is 320 g/mol. The van der Waals surface area contributed by atoms with Gasteiger partial charge in [0.1, 0.15) is 0 Å². The Morgan fingerprint density at radius 2 is 1.52 bits per heavy atom. The van der Waals surface area contributed by atoms with Crippen molar-refractivity contribution in [2.24, 2.45) is 0 Å². The number of rotatable bonds is 3. The average molecular weight is 336 g/mol. The highest BCUT2D eigenvalue weighted by atomic mass is 16.2. The van der Waals surface area contributed by atoms with Gasteiger partial charge in [-0.25, -0.2) is 4.79 Å². The normalized spacial score (nSPS) is 20.4. The summed E-state index contributed by atoms with van der Waals surface area (Å²) in [7, 11) is 0. The summed E-state index contributed by atoms with van der Waals surface area (Å²) in [5.74, 6) is -2.30. The summed E-state index contributed by atoms with van der Waals surface area (Å²) in [6.07, 6.45) is 0.119. The number of nitrogens with one attached hydrogen (secondary N) is 1. The number of benzene rings is 2. The van der Waals surface area contributed by atoms with Gasteiger partial charge >= 0.3 is 6.03 Å². The van der Waals surface area contributed by atoms with Crippen LogP contribution in [0.4, 0.5) is 4.79 Å². The van der Waals surface area contributed by atoms with Gasteiger partial charge in [-0.2, -0.15) is 4.90 Å². The molecule has 1 atom stereocenters. The Kier molecular flexibility index (Phi) is 4.19. The summed E-state index contributed by atoms with van der Waals surface area (Å²) < 4.78 is 0.